The molecule has 0 aromatic heterocycles. The van der Waals surface area contributed by atoms with Crippen LogP contribution in [0.1, 0.15) is 58.8 Å². The second kappa shape index (κ2) is 9.61. The topological polar surface area (TPSA) is 0 Å². The van der Waals surface area contributed by atoms with E-state index in [-0.39, 0.29) is 0 Å². The third kappa shape index (κ3) is 5.92. The second-order valence-corrected chi connectivity index (χ2v) is 7.06. The number of thioether (sulfide) groups is 1. The highest BCUT2D eigenvalue weighted by Gasteiger charge is 2.23. The highest BCUT2D eigenvalue weighted by Crippen LogP contribution is 2.33. The van der Waals surface area contributed by atoms with E-state index in [1.54, 1.807) is 0 Å². The van der Waals surface area contributed by atoms with Crippen molar-refractivity contribution in [3.05, 3.63) is 0 Å². The van der Waals surface area contributed by atoms with Crippen molar-refractivity contribution < 1.29 is 0 Å². The van der Waals surface area contributed by atoms with Crippen LogP contribution < -0.4 is 0 Å². The first-order valence-corrected chi connectivity index (χ1v) is 9.29. The van der Waals surface area contributed by atoms with Gasteiger partial charge in [-0.2, -0.15) is 24.4 Å². The number of hydrogen-bond donors (Lipinski definition) is 1. The van der Waals surface area contributed by atoms with Gasteiger partial charge >= 0.3 is 0 Å². The Morgan fingerprint density at radius 3 is 2.65 bits per heavy atom. The van der Waals surface area contributed by atoms with Gasteiger partial charge in [0.05, 0.1) is 0 Å². The van der Waals surface area contributed by atoms with Gasteiger partial charge in [-0.25, -0.2) is 0 Å². The molecule has 1 fully saturated rings. The molecule has 0 aliphatic carbocycles. The maximum Gasteiger partial charge on any atom is -0.00364 e. The molecule has 1 aliphatic heterocycles. The Morgan fingerprint density at radius 2 is 2.00 bits per heavy atom. The summed E-state index contributed by atoms with van der Waals surface area (Å²) < 4.78 is 0. The minimum atomic E-state index is 0.846. The largest absolute Gasteiger partial charge is 0.179 e. The molecule has 3 atom stereocenters. The van der Waals surface area contributed by atoms with E-state index in [4.69, 9.17) is 0 Å². The standard InChI is InChI=1S/C15H30S2/c1-3-13(11-16)10-15-12-17-9-7-5-6-8-14(15)4-2/h13-16H,3-12H2,1-2H3. The van der Waals surface area contributed by atoms with Gasteiger partial charge in [-0.15, -0.1) is 0 Å². The molecule has 3 unspecified atom stereocenters. The van der Waals surface area contributed by atoms with Crippen LogP contribution in [0, 0.1) is 17.8 Å². The van der Waals surface area contributed by atoms with Gasteiger partial charge in [0.2, 0.25) is 0 Å². The molecule has 0 N–H and O–H groups in total. The van der Waals surface area contributed by atoms with Crippen molar-refractivity contribution in [2.75, 3.05) is 17.3 Å². The van der Waals surface area contributed by atoms with E-state index >= 15 is 0 Å². The Balaban J connectivity index is 2.53. The van der Waals surface area contributed by atoms with E-state index in [0.717, 1.165) is 23.5 Å². The van der Waals surface area contributed by atoms with E-state index in [0.29, 0.717) is 0 Å². The molecule has 0 aromatic rings. The lowest BCUT2D eigenvalue weighted by atomic mass is 9.81. The van der Waals surface area contributed by atoms with Crippen LogP contribution in [-0.4, -0.2) is 17.3 Å². The van der Waals surface area contributed by atoms with Crippen molar-refractivity contribution in [2.24, 2.45) is 17.8 Å². The van der Waals surface area contributed by atoms with Crippen LogP contribution in [-0.2, 0) is 0 Å². The molecule has 1 rings (SSSR count). The van der Waals surface area contributed by atoms with Crippen LogP contribution in [0.25, 0.3) is 0 Å². The minimum Gasteiger partial charge on any atom is -0.179 e. The summed E-state index contributed by atoms with van der Waals surface area (Å²) in [6.45, 7) is 4.71. The van der Waals surface area contributed by atoms with Gasteiger partial charge in [-0.3, -0.25) is 0 Å². The molecule has 0 aromatic carbocycles. The fourth-order valence-electron chi connectivity index (χ4n) is 2.99. The quantitative estimate of drug-likeness (QED) is 0.665. The Labute approximate surface area is 118 Å². The molecule has 0 amide bonds. The van der Waals surface area contributed by atoms with Crippen LogP contribution in [0.5, 0.6) is 0 Å². The van der Waals surface area contributed by atoms with Crippen molar-refractivity contribution >= 4 is 24.4 Å². The summed E-state index contributed by atoms with van der Waals surface area (Å²) in [6.07, 6.45) is 9.95. The normalized spacial score (nSPS) is 29.1. The highest BCUT2D eigenvalue weighted by atomic mass is 32.2. The average Bonchev–Trinajstić information content (AvgIpc) is 2.47. The van der Waals surface area contributed by atoms with E-state index in [2.05, 4.69) is 38.2 Å². The molecule has 1 aliphatic rings. The van der Waals surface area contributed by atoms with Gasteiger partial charge in [-0.1, -0.05) is 46.0 Å². The molecule has 0 bridgehead atoms. The third-order valence-corrected chi connectivity index (χ3v) is 6.12. The molecule has 17 heavy (non-hydrogen) atoms. The van der Waals surface area contributed by atoms with Crippen molar-refractivity contribution in [3.63, 3.8) is 0 Å². The van der Waals surface area contributed by atoms with Gasteiger partial charge in [-0.05, 0) is 47.9 Å². The molecule has 0 saturated carbocycles. The average molecular weight is 275 g/mol. The monoisotopic (exact) mass is 274 g/mol. The Hall–Kier alpha value is 0.700. The van der Waals surface area contributed by atoms with Gasteiger partial charge in [0.1, 0.15) is 0 Å². The van der Waals surface area contributed by atoms with Gasteiger partial charge in [0.25, 0.3) is 0 Å². The third-order valence-electron chi connectivity index (χ3n) is 4.36. The van der Waals surface area contributed by atoms with Crippen LogP contribution in [0.15, 0.2) is 0 Å². The van der Waals surface area contributed by atoms with Crippen molar-refractivity contribution in [1.82, 2.24) is 0 Å². The number of thiol groups is 1. The molecule has 0 spiro atoms. The fourth-order valence-corrected chi connectivity index (χ4v) is 4.68. The minimum absolute atomic E-state index is 0.846. The molecule has 0 radical (unpaired) electrons. The predicted molar refractivity (Wildman–Crippen MR) is 85.3 cm³/mol. The Morgan fingerprint density at radius 1 is 1.18 bits per heavy atom. The maximum absolute atomic E-state index is 4.52. The van der Waals surface area contributed by atoms with Crippen LogP contribution in [0.3, 0.4) is 0 Å². The number of hydrogen-bond acceptors (Lipinski definition) is 2. The molecule has 1 heterocycles. The SMILES string of the molecule is CCC(CS)CC1CSCCCCCC1CC. The van der Waals surface area contributed by atoms with Gasteiger partial charge in [0.15, 0.2) is 0 Å². The van der Waals surface area contributed by atoms with Crippen molar-refractivity contribution in [3.8, 4) is 0 Å². The van der Waals surface area contributed by atoms with Gasteiger partial charge < -0.3 is 0 Å². The summed E-state index contributed by atoms with van der Waals surface area (Å²) in [5.41, 5.74) is 0. The van der Waals surface area contributed by atoms with E-state index in [1.165, 1.54) is 56.5 Å². The van der Waals surface area contributed by atoms with Crippen LogP contribution >= 0.6 is 24.4 Å². The van der Waals surface area contributed by atoms with E-state index in [9.17, 15) is 0 Å². The lowest BCUT2D eigenvalue weighted by Gasteiger charge is -2.28. The fraction of sp³-hybridized carbons (Fsp3) is 1.00. The summed E-state index contributed by atoms with van der Waals surface area (Å²) in [4.78, 5) is 0. The summed E-state index contributed by atoms with van der Waals surface area (Å²) in [6, 6.07) is 0. The smallest absolute Gasteiger partial charge is 0.00364 e. The van der Waals surface area contributed by atoms with Crippen LogP contribution in [0.4, 0.5) is 0 Å². The molecular weight excluding hydrogens is 244 g/mol. The van der Waals surface area contributed by atoms with E-state index in [1.807, 2.05) is 0 Å². The van der Waals surface area contributed by atoms with E-state index < -0.39 is 0 Å². The first-order valence-electron chi connectivity index (χ1n) is 7.50. The maximum atomic E-state index is 4.52. The Kier molecular flexibility index (Phi) is 8.90. The molecule has 1 saturated heterocycles. The molecule has 0 nitrogen and oxygen atoms in total. The lowest BCUT2D eigenvalue weighted by molar-refractivity contribution is 0.272. The summed E-state index contributed by atoms with van der Waals surface area (Å²) >= 11 is 6.72. The van der Waals surface area contributed by atoms with Gasteiger partial charge in [0, 0.05) is 0 Å². The van der Waals surface area contributed by atoms with Crippen LogP contribution in [0.2, 0.25) is 0 Å². The zero-order chi connectivity index (χ0) is 12.5. The predicted octanol–water partition coefficient (Wildman–Crippen LogP) is 5.28. The lowest BCUT2D eigenvalue weighted by Crippen LogP contribution is -2.21. The van der Waals surface area contributed by atoms with Crippen molar-refractivity contribution in [2.45, 2.75) is 58.8 Å². The molecular formula is C15H30S2. The highest BCUT2D eigenvalue weighted by molar-refractivity contribution is 7.99. The molecule has 102 valence electrons. The zero-order valence-corrected chi connectivity index (χ0v) is 13.4. The molecule has 2 heteroatoms. The number of rotatable bonds is 5. The van der Waals surface area contributed by atoms with Crippen molar-refractivity contribution in [1.29, 1.82) is 0 Å². The first-order chi connectivity index (χ1) is 8.31. The summed E-state index contributed by atoms with van der Waals surface area (Å²) in [7, 11) is 0. The Bertz CT molecular complexity index is 178. The first kappa shape index (κ1) is 15.8. The second-order valence-electron chi connectivity index (χ2n) is 5.55. The zero-order valence-electron chi connectivity index (χ0n) is 11.7. The summed E-state index contributed by atoms with van der Waals surface area (Å²) in [5.74, 6) is 6.66. The summed E-state index contributed by atoms with van der Waals surface area (Å²) in [5, 5.41) is 0.